The second-order valence-electron chi connectivity index (χ2n) is 7.12. The van der Waals surface area contributed by atoms with Gasteiger partial charge >= 0.3 is 6.09 Å². The molecule has 2 aromatic rings. The standard InChI is InChI=1S/C20H23N3O6S/c1-13-9-14(2)11-16(10-13)29-17-4-3-15(19(21)24)12-18(17)30(27,28)23-7-5-22(6-8-23)20(25)26/h3-4,9-12H,5-8H2,1-2H3,(H2,21,24)(H,25,26). The first kappa shape index (κ1) is 21.6. The monoisotopic (exact) mass is 433 g/mol. The first-order valence-corrected chi connectivity index (χ1v) is 10.7. The maximum absolute atomic E-state index is 13.3. The highest BCUT2D eigenvalue weighted by Crippen LogP contribution is 2.33. The third kappa shape index (κ3) is 4.55. The average molecular weight is 433 g/mol. The van der Waals surface area contributed by atoms with Crippen LogP contribution in [0.1, 0.15) is 21.5 Å². The van der Waals surface area contributed by atoms with E-state index in [0.717, 1.165) is 16.0 Å². The molecule has 0 unspecified atom stereocenters. The SMILES string of the molecule is Cc1cc(C)cc(Oc2ccc(C(N)=O)cc2S(=O)(=O)N2CCN(C(=O)O)CC2)c1. The van der Waals surface area contributed by atoms with Crippen molar-refractivity contribution in [2.24, 2.45) is 5.73 Å². The molecule has 10 heteroatoms. The van der Waals surface area contributed by atoms with Gasteiger partial charge < -0.3 is 20.5 Å². The van der Waals surface area contributed by atoms with E-state index in [4.69, 9.17) is 15.6 Å². The van der Waals surface area contributed by atoms with Gasteiger partial charge in [-0.05, 0) is 55.3 Å². The van der Waals surface area contributed by atoms with Crippen molar-refractivity contribution in [3.05, 3.63) is 53.1 Å². The van der Waals surface area contributed by atoms with Crippen molar-refractivity contribution in [1.29, 1.82) is 0 Å². The van der Waals surface area contributed by atoms with Gasteiger partial charge in [0, 0.05) is 31.7 Å². The smallest absolute Gasteiger partial charge is 0.407 e. The number of piperazine rings is 1. The predicted molar refractivity (Wildman–Crippen MR) is 109 cm³/mol. The van der Waals surface area contributed by atoms with Crippen LogP contribution in [-0.4, -0.2) is 60.9 Å². The van der Waals surface area contributed by atoms with Crippen LogP contribution in [0.25, 0.3) is 0 Å². The topological polar surface area (TPSA) is 130 Å². The minimum Gasteiger partial charge on any atom is -0.465 e. The summed E-state index contributed by atoms with van der Waals surface area (Å²) in [6, 6.07) is 9.51. The van der Waals surface area contributed by atoms with Crippen molar-refractivity contribution in [3.63, 3.8) is 0 Å². The van der Waals surface area contributed by atoms with E-state index in [-0.39, 0.29) is 42.4 Å². The Labute approximate surface area is 174 Å². The third-order valence-electron chi connectivity index (χ3n) is 4.78. The van der Waals surface area contributed by atoms with Crippen molar-refractivity contribution in [1.82, 2.24) is 9.21 Å². The summed E-state index contributed by atoms with van der Waals surface area (Å²) in [5.74, 6) is -0.239. The molecule has 3 N–H and O–H groups in total. The quantitative estimate of drug-likeness (QED) is 0.743. The van der Waals surface area contributed by atoms with Crippen molar-refractivity contribution < 1.29 is 27.9 Å². The minimum atomic E-state index is -4.06. The van der Waals surface area contributed by atoms with Crippen LogP contribution in [0.3, 0.4) is 0 Å². The molecular weight excluding hydrogens is 410 g/mol. The summed E-state index contributed by atoms with van der Waals surface area (Å²) < 4.78 is 33.7. The maximum atomic E-state index is 13.3. The lowest BCUT2D eigenvalue weighted by molar-refractivity contribution is 0.0999. The number of primary amides is 1. The lowest BCUT2D eigenvalue weighted by atomic mass is 10.1. The Morgan fingerprint density at radius 1 is 1.00 bits per heavy atom. The molecule has 1 heterocycles. The average Bonchev–Trinajstić information content (AvgIpc) is 2.67. The molecule has 1 saturated heterocycles. The van der Waals surface area contributed by atoms with E-state index in [9.17, 15) is 18.0 Å². The third-order valence-corrected chi connectivity index (χ3v) is 6.70. The van der Waals surface area contributed by atoms with E-state index >= 15 is 0 Å². The van der Waals surface area contributed by atoms with Crippen molar-refractivity contribution in [2.45, 2.75) is 18.7 Å². The summed E-state index contributed by atoms with van der Waals surface area (Å²) in [6.07, 6.45) is -1.10. The Balaban J connectivity index is 1.99. The van der Waals surface area contributed by atoms with Crippen molar-refractivity contribution in [3.8, 4) is 11.5 Å². The van der Waals surface area contributed by atoms with E-state index in [0.29, 0.717) is 5.75 Å². The molecule has 0 atom stereocenters. The second-order valence-corrected chi connectivity index (χ2v) is 9.03. The normalized spacial score (nSPS) is 15.1. The van der Waals surface area contributed by atoms with Gasteiger partial charge in [0.15, 0.2) is 0 Å². The highest BCUT2D eigenvalue weighted by atomic mass is 32.2. The molecule has 160 valence electrons. The van der Waals surface area contributed by atoms with E-state index in [2.05, 4.69) is 0 Å². The molecule has 0 aliphatic carbocycles. The Kier molecular flexibility index (Phi) is 5.99. The molecule has 0 saturated carbocycles. The molecule has 0 bridgehead atoms. The van der Waals surface area contributed by atoms with Gasteiger partial charge in [-0.15, -0.1) is 0 Å². The summed E-state index contributed by atoms with van der Waals surface area (Å²) in [4.78, 5) is 23.7. The lowest BCUT2D eigenvalue weighted by Gasteiger charge is -2.32. The molecule has 0 aromatic heterocycles. The largest absolute Gasteiger partial charge is 0.465 e. The van der Waals surface area contributed by atoms with Gasteiger partial charge in [-0.2, -0.15) is 4.31 Å². The summed E-state index contributed by atoms with van der Waals surface area (Å²) in [5, 5.41) is 9.08. The first-order valence-electron chi connectivity index (χ1n) is 9.26. The van der Waals surface area contributed by atoms with Crippen molar-refractivity contribution >= 4 is 22.0 Å². The zero-order valence-electron chi connectivity index (χ0n) is 16.7. The summed E-state index contributed by atoms with van der Waals surface area (Å²) in [7, 11) is -4.06. The zero-order valence-corrected chi connectivity index (χ0v) is 17.5. The first-order chi connectivity index (χ1) is 14.1. The lowest BCUT2D eigenvalue weighted by Crippen LogP contribution is -2.50. The summed E-state index contributed by atoms with van der Waals surface area (Å²) >= 11 is 0. The number of ether oxygens (including phenoxy) is 1. The van der Waals surface area contributed by atoms with Crippen LogP contribution in [-0.2, 0) is 10.0 Å². The molecule has 0 radical (unpaired) electrons. The number of carboxylic acid groups (broad SMARTS) is 1. The summed E-state index contributed by atoms with van der Waals surface area (Å²) in [6.45, 7) is 3.90. The van der Waals surface area contributed by atoms with Crippen LogP contribution in [0.5, 0.6) is 11.5 Å². The molecule has 3 rings (SSSR count). The molecular formula is C20H23N3O6S. The molecule has 30 heavy (non-hydrogen) atoms. The molecule has 9 nitrogen and oxygen atoms in total. The van der Waals surface area contributed by atoms with Gasteiger partial charge in [-0.25, -0.2) is 13.2 Å². The van der Waals surface area contributed by atoms with Crippen LogP contribution >= 0.6 is 0 Å². The second kappa shape index (κ2) is 8.33. The van der Waals surface area contributed by atoms with Crippen LogP contribution in [0, 0.1) is 13.8 Å². The van der Waals surface area contributed by atoms with E-state index in [1.807, 2.05) is 19.9 Å². The molecule has 1 aliphatic heterocycles. The Morgan fingerprint density at radius 3 is 2.13 bits per heavy atom. The number of rotatable bonds is 5. The highest BCUT2D eigenvalue weighted by Gasteiger charge is 2.33. The number of carbonyl (C=O) groups excluding carboxylic acids is 1. The van der Waals surface area contributed by atoms with Crippen LogP contribution in [0.2, 0.25) is 0 Å². The fourth-order valence-electron chi connectivity index (χ4n) is 3.32. The number of nitrogens with two attached hydrogens (primary N) is 1. The minimum absolute atomic E-state index is 0.00156. The number of nitrogens with zero attached hydrogens (tertiary/aromatic N) is 2. The molecule has 2 aromatic carbocycles. The van der Waals surface area contributed by atoms with Crippen molar-refractivity contribution in [2.75, 3.05) is 26.2 Å². The molecule has 1 aliphatic rings. The summed E-state index contributed by atoms with van der Waals surface area (Å²) in [5.41, 5.74) is 7.27. The number of aryl methyl sites for hydroxylation is 2. The van der Waals surface area contributed by atoms with Gasteiger partial charge in [0.25, 0.3) is 0 Å². The number of carbonyl (C=O) groups is 2. The van der Waals surface area contributed by atoms with Crippen LogP contribution in [0.15, 0.2) is 41.3 Å². The Hall–Kier alpha value is -3.11. The van der Waals surface area contributed by atoms with Crippen LogP contribution < -0.4 is 10.5 Å². The molecule has 0 spiro atoms. The number of hydrogen-bond donors (Lipinski definition) is 2. The fraction of sp³-hybridized carbons (Fsp3) is 0.300. The Bertz CT molecular complexity index is 1070. The number of amides is 2. The van der Waals surface area contributed by atoms with Crippen LogP contribution in [0.4, 0.5) is 4.79 Å². The number of benzene rings is 2. The molecule has 1 fully saturated rings. The van der Waals surface area contributed by atoms with E-state index in [1.54, 1.807) is 12.1 Å². The van der Waals surface area contributed by atoms with Gasteiger partial charge in [0.1, 0.15) is 16.4 Å². The van der Waals surface area contributed by atoms with E-state index < -0.39 is 22.0 Å². The number of sulfonamides is 1. The maximum Gasteiger partial charge on any atom is 0.407 e. The van der Waals surface area contributed by atoms with Gasteiger partial charge in [-0.3, -0.25) is 4.79 Å². The number of hydrogen-bond acceptors (Lipinski definition) is 5. The Morgan fingerprint density at radius 2 is 1.60 bits per heavy atom. The van der Waals surface area contributed by atoms with Gasteiger partial charge in [-0.1, -0.05) is 6.07 Å². The molecule has 2 amide bonds. The van der Waals surface area contributed by atoms with Gasteiger partial charge in [0.2, 0.25) is 15.9 Å². The fourth-order valence-corrected chi connectivity index (χ4v) is 4.89. The van der Waals surface area contributed by atoms with E-state index in [1.165, 1.54) is 22.5 Å². The van der Waals surface area contributed by atoms with Gasteiger partial charge in [0.05, 0.1) is 0 Å². The highest BCUT2D eigenvalue weighted by molar-refractivity contribution is 7.89. The predicted octanol–water partition coefficient (Wildman–Crippen LogP) is 2.18. The zero-order chi connectivity index (χ0) is 22.1.